The van der Waals surface area contributed by atoms with Gasteiger partial charge in [0.05, 0.1) is 0 Å². The van der Waals surface area contributed by atoms with Crippen LogP contribution in [0.3, 0.4) is 0 Å². The molecule has 0 N–H and O–H groups in total. The van der Waals surface area contributed by atoms with Gasteiger partial charge in [0.2, 0.25) is 0 Å². The van der Waals surface area contributed by atoms with Crippen molar-refractivity contribution in [3.63, 3.8) is 0 Å². The number of hydrogen-bond donors (Lipinski definition) is 0. The van der Waals surface area contributed by atoms with E-state index in [0.717, 1.165) is 13.0 Å². The van der Waals surface area contributed by atoms with Gasteiger partial charge in [-0.25, -0.2) is 0 Å². The van der Waals surface area contributed by atoms with E-state index < -0.39 is 0 Å². The fraction of sp³-hybridized carbons (Fsp3) is 1.00. The molecule has 0 heterocycles. The van der Waals surface area contributed by atoms with Gasteiger partial charge in [0.25, 0.3) is 0 Å². The van der Waals surface area contributed by atoms with E-state index in [1.807, 2.05) is 0 Å². The van der Waals surface area contributed by atoms with Gasteiger partial charge < -0.3 is 4.90 Å². The summed E-state index contributed by atoms with van der Waals surface area (Å²) < 4.78 is 0. The van der Waals surface area contributed by atoms with Crippen LogP contribution in [0.1, 0.15) is 39.5 Å². The normalized spacial score (nSPS) is 13.8. The molecule has 0 saturated carbocycles. The van der Waals surface area contributed by atoms with Crippen LogP contribution in [-0.2, 0) is 0 Å². The number of unbranched alkanes of at least 4 members (excludes halogenated alkanes) is 1. The maximum Gasteiger partial charge on any atom is 0.0463 e. The van der Waals surface area contributed by atoms with Gasteiger partial charge in [-0.15, -0.1) is 11.6 Å². The number of nitrogens with zero attached hydrogens (tertiary/aromatic N) is 1. The summed E-state index contributed by atoms with van der Waals surface area (Å²) >= 11 is 6.11. The van der Waals surface area contributed by atoms with Gasteiger partial charge in [0.15, 0.2) is 0 Å². The number of alkyl halides is 1. The largest absolute Gasteiger partial charge is 0.305 e. The van der Waals surface area contributed by atoms with E-state index >= 15 is 0 Å². The van der Waals surface area contributed by atoms with Crippen molar-refractivity contribution in [1.29, 1.82) is 0 Å². The monoisotopic (exact) mass is 191 g/mol. The predicted molar refractivity (Wildman–Crippen MR) is 57.0 cm³/mol. The lowest BCUT2D eigenvalue weighted by Crippen LogP contribution is -2.27. The van der Waals surface area contributed by atoms with Crippen molar-refractivity contribution in [2.24, 2.45) is 0 Å². The highest BCUT2D eigenvalue weighted by Gasteiger charge is 2.06. The summed E-state index contributed by atoms with van der Waals surface area (Å²) in [5.74, 6) is 0. The summed E-state index contributed by atoms with van der Waals surface area (Å²) in [5, 5.41) is 0.344. The van der Waals surface area contributed by atoms with Crippen LogP contribution in [0.2, 0.25) is 0 Å². The van der Waals surface area contributed by atoms with Crippen LogP contribution in [0.4, 0.5) is 0 Å². The average molecular weight is 192 g/mol. The Hall–Kier alpha value is 0.250. The Balaban J connectivity index is 3.33. The molecule has 0 aromatic carbocycles. The quantitative estimate of drug-likeness (QED) is 0.559. The van der Waals surface area contributed by atoms with Gasteiger partial charge in [0, 0.05) is 11.9 Å². The summed E-state index contributed by atoms with van der Waals surface area (Å²) in [6, 6.07) is 0. The van der Waals surface area contributed by atoms with E-state index in [1.165, 1.54) is 25.8 Å². The van der Waals surface area contributed by atoms with Crippen LogP contribution >= 0.6 is 11.6 Å². The van der Waals surface area contributed by atoms with E-state index in [9.17, 15) is 0 Å². The lowest BCUT2D eigenvalue weighted by Gasteiger charge is -2.19. The molecule has 0 radical (unpaired) electrons. The summed E-state index contributed by atoms with van der Waals surface area (Å²) in [6.07, 6.45) is 4.88. The van der Waals surface area contributed by atoms with Crippen LogP contribution in [0, 0.1) is 0 Å². The highest BCUT2D eigenvalue weighted by atomic mass is 35.5. The molecule has 1 nitrogen and oxygen atoms in total. The zero-order valence-corrected chi connectivity index (χ0v) is 9.40. The van der Waals surface area contributed by atoms with Crippen molar-refractivity contribution in [2.45, 2.75) is 44.9 Å². The Morgan fingerprint density at radius 2 is 1.92 bits per heavy atom. The zero-order valence-electron chi connectivity index (χ0n) is 8.65. The molecule has 0 bridgehead atoms. The maximum atomic E-state index is 6.11. The van der Waals surface area contributed by atoms with E-state index in [-0.39, 0.29) is 0 Å². The molecular weight excluding hydrogens is 170 g/mol. The van der Waals surface area contributed by atoms with E-state index in [2.05, 4.69) is 25.8 Å². The smallest absolute Gasteiger partial charge is 0.0463 e. The lowest BCUT2D eigenvalue weighted by atomic mass is 10.2. The first-order valence-corrected chi connectivity index (χ1v) is 5.47. The topological polar surface area (TPSA) is 3.24 Å². The molecule has 1 atom stereocenters. The third kappa shape index (κ3) is 6.93. The van der Waals surface area contributed by atoms with Crippen molar-refractivity contribution >= 4 is 11.6 Å². The van der Waals surface area contributed by atoms with Crippen LogP contribution in [0.5, 0.6) is 0 Å². The molecular formula is C10H22ClN. The summed E-state index contributed by atoms with van der Waals surface area (Å²) in [5.41, 5.74) is 0. The molecule has 0 aromatic rings. The molecule has 0 aromatic heterocycles. The van der Waals surface area contributed by atoms with Crippen molar-refractivity contribution in [2.75, 3.05) is 20.1 Å². The molecule has 0 spiro atoms. The number of rotatable bonds is 7. The number of halogens is 1. The highest BCUT2D eigenvalue weighted by molar-refractivity contribution is 6.20. The van der Waals surface area contributed by atoms with Gasteiger partial charge >= 0.3 is 0 Å². The average Bonchev–Trinajstić information content (AvgIpc) is 2.01. The van der Waals surface area contributed by atoms with Crippen molar-refractivity contribution in [1.82, 2.24) is 4.90 Å². The van der Waals surface area contributed by atoms with Crippen molar-refractivity contribution < 1.29 is 0 Å². The second-order valence-corrected chi connectivity index (χ2v) is 4.12. The van der Waals surface area contributed by atoms with Crippen LogP contribution in [-0.4, -0.2) is 30.4 Å². The van der Waals surface area contributed by atoms with Crippen LogP contribution in [0.25, 0.3) is 0 Å². The maximum absolute atomic E-state index is 6.11. The summed E-state index contributed by atoms with van der Waals surface area (Å²) in [4.78, 5) is 2.33. The first-order valence-electron chi connectivity index (χ1n) is 5.03. The molecule has 0 saturated heterocycles. The molecule has 0 rings (SSSR count). The molecule has 0 aliphatic rings. The lowest BCUT2D eigenvalue weighted by molar-refractivity contribution is 0.322. The van der Waals surface area contributed by atoms with E-state index in [0.29, 0.717) is 5.38 Å². The Labute approximate surface area is 82.1 Å². The molecule has 0 fully saturated rings. The second kappa shape index (κ2) is 7.88. The van der Waals surface area contributed by atoms with Gasteiger partial charge in [-0.3, -0.25) is 0 Å². The third-order valence-corrected chi connectivity index (χ3v) is 2.36. The molecule has 2 heteroatoms. The Kier molecular flexibility index (Phi) is 8.04. The Bertz CT molecular complexity index is 95.8. The molecule has 12 heavy (non-hydrogen) atoms. The van der Waals surface area contributed by atoms with Crippen molar-refractivity contribution in [3.05, 3.63) is 0 Å². The molecule has 0 unspecified atom stereocenters. The first kappa shape index (κ1) is 12.2. The predicted octanol–water partition coefficient (Wildman–Crippen LogP) is 3.13. The summed E-state index contributed by atoms with van der Waals surface area (Å²) in [6.45, 7) is 6.62. The Morgan fingerprint density at radius 3 is 2.42 bits per heavy atom. The minimum atomic E-state index is 0.344. The van der Waals surface area contributed by atoms with E-state index in [1.54, 1.807) is 0 Å². The first-order chi connectivity index (χ1) is 5.70. The van der Waals surface area contributed by atoms with Gasteiger partial charge in [-0.1, -0.05) is 26.7 Å². The Morgan fingerprint density at radius 1 is 1.25 bits per heavy atom. The summed E-state index contributed by atoms with van der Waals surface area (Å²) in [7, 11) is 2.15. The van der Waals surface area contributed by atoms with Crippen LogP contribution in [0.15, 0.2) is 0 Å². The SMILES string of the molecule is CCCCN(C)C[C@@H](Cl)CCC. The molecule has 0 amide bonds. The highest BCUT2D eigenvalue weighted by Crippen LogP contribution is 2.06. The fourth-order valence-electron chi connectivity index (χ4n) is 1.26. The zero-order chi connectivity index (χ0) is 9.40. The minimum absolute atomic E-state index is 0.344. The van der Waals surface area contributed by atoms with E-state index in [4.69, 9.17) is 11.6 Å². The minimum Gasteiger partial charge on any atom is -0.305 e. The fourth-order valence-corrected chi connectivity index (χ4v) is 1.72. The van der Waals surface area contributed by atoms with Crippen LogP contribution < -0.4 is 0 Å². The molecule has 74 valence electrons. The number of hydrogen-bond acceptors (Lipinski definition) is 1. The standard InChI is InChI=1S/C10H22ClN/c1-4-6-8-12(3)9-10(11)7-5-2/h10H,4-9H2,1-3H3/t10-/m0/s1. The van der Waals surface area contributed by atoms with Gasteiger partial charge in [0.1, 0.15) is 0 Å². The van der Waals surface area contributed by atoms with Crippen molar-refractivity contribution in [3.8, 4) is 0 Å². The second-order valence-electron chi connectivity index (χ2n) is 3.50. The molecule has 0 aliphatic heterocycles. The molecule has 0 aliphatic carbocycles. The third-order valence-electron chi connectivity index (χ3n) is 2.01. The van der Waals surface area contributed by atoms with Gasteiger partial charge in [-0.2, -0.15) is 0 Å². The van der Waals surface area contributed by atoms with Gasteiger partial charge in [-0.05, 0) is 26.4 Å².